The maximum absolute atomic E-state index is 6.68. The smallest absolute Gasteiger partial charge is 0.143 e. The highest BCUT2D eigenvalue weighted by atomic mass is 16.3. The van der Waals surface area contributed by atoms with Gasteiger partial charge in [0.1, 0.15) is 11.2 Å². The molecule has 1 aliphatic carbocycles. The van der Waals surface area contributed by atoms with Crippen molar-refractivity contribution in [2.45, 2.75) is 39.5 Å². The van der Waals surface area contributed by atoms with Crippen molar-refractivity contribution in [3.8, 4) is 33.4 Å². The molecule has 0 radical (unpaired) electrons. The fourth-order valence-electron chi connectivity index (χ4n) is 8.72. The zero-order valence-corrected chi connectivity index (χ0v) is 28.5. The normalized spacial score (nSPS) is 14.2. The monoisotopic (exact) mass is 630 g/mol. The molecular formula is C48H38O. The molecule has 7 aromatic carbocycles. The Kier molecular flexibility index (Phi) is 6.74. The first-order valence-corrected chi connectivity index (χ1v) is 17.5. The van der Waals surface area contributed by atoms with Gasteiger partial charge in [-0.2, -0.15) is 0 Å². The first-order chi connectivity index (χ1) is 24.0. The SMILES string of the molecule is C/C=C\C1=C(CC)C(C)(C)c2cccc(-c3c4ccccc4c(-c4cccc5c4oc4ccccc45)c4ccc(-c5ccccc5)cc34)c21. The lowest BCUT2D eigenvalue weighted by Gasteiger charge is -2.25. The van der Waals surface area contributed by atoms with E-state index in [1.807, 2.05) is 0 Å². The molecule has 0 N–H and O–H groups in total. The van der Waals surface area contributed by atoms with Crippen LogP contribution in [0.4, 0.5) is 0 Å². The topological polar surface area (TPSA) is 13.1 Å². The molecule has 1 heteroatoms. The molecule has 0 aliphatic heterocycles. The van der Waals surface area contributed by atoms with Gasteiger partial charge in [0.25, 0.3) is 0 Å². The van der Waals surface area contributed by atoms with Gasteiger partial charge >= 0.3 is 0 Å². The quantitative estimate of drug-likeness (QED) is 0.172. The molecule has 0 amide bonds. The van der Waals surface area contributed by atoms with E-state index in [1.165, 1.54) is 71.6 Å². The van der Waals surface area contributed by atoms with E-state index in [1.54, 1.807) is 0 Å². The molecule has 1 aromatic heterocycles. The summed E-state index contributed by atoms with van der Waals surface area (Å²) in [5.74, 6) is 0. The van der Waals surface area contributed by atoms with Crippen LogP contribution in [0.1, 0.15) is 45.2 Å². The Morgan fingerprint density at radius 1 is 0.551 bits per heavy atom. The summed E-state index contributed by atoms with van der Waals surface area (Å²) in [4.78, 5) is 0. The van der Waals surface area contributed by atoms with Crippen LogP contribution in [0.15, 0.2) is 156 Å². The molecule has 8 aromatic rings. The second kappa shape index (κ2) is 11.2. The van der Waals surface area contributed by atoms with Crippen LogP contribution in [0.25, 0.3) is 82.4 Å². The maximum Gasteiger partial charge on any atom is 0.143 e. The fraction of sp³-hybridized carbons (Fsp3) is 0.125. The maximum atomic E-state index is 6.68. The summed E-state index contributed by atoms with van der Waals surface area (Å²) in [6.45, 7) is 9.23. The van der Waals surface area contributed by atoms with Crippen molar-refractivity contribution in [3.05, 3.63) is 162 Å². The van der Waals surface area contributed by atoms with Crippen LogP contribution in [-0.4, -0.2) is 0 Å². The van der Waals surface area contributed by atoms with Gasteiger partial charge in [-0.05, 0) is 86.0 Å². The number of furan rings is 1. The third-order valence-electron chi connectivity index (χ3n) is 10.8. The standard InChI is InChI=1S/C48H38O/c1-5-16-37-41(6-2)48(3,4)42-25-15-23-38(46(37)42)45-34-21-11-10-20-33(34)44(35-28-27-31(29-40(35)45)30-17-8-7-9-18-30)39-24-14-22-36-32-19-12-13-26-43(32)49-47(36)39/h5,7-29H,6H2,1-4H3/b16-5-. The average molecular weight is 631 g/mol. The van der Waals surface area contributed by atoms with Gasteiger partial charge in [0.05, 0.1) is 0 Å². The Hall–Kier alpha value is -5.66. The van der Waals surface area contributed by atoms with Gasteiger partial charge in [-0.15, -0.1) is 0 Å². The fourth-order valence-corrected chi connectivity index (χ4v) is 8.72. The molecule has 0 saturated carbocycles. The highest BCUT2D eigenvalue weighted by molar-refractivity contribution is 6.25. The van der Waals surface area contributed by atoms with Crippen molar-refractivity contribution in [3.63, 3.8) is 0 Å². The number of fused-ring (bicyclic) bond motifs is 6. The number of rotatable bonds is 5. The van der Waals surface area contributed by atoms with E-state index in [0.29, 0.717) is 0 Å². The molecule has 0 saturated heterocycles. The summed E-state index contributed by atoms with van der Waals surface area (Å²) in [5, 5.41) is 7.24. The van der Waals surface area contributed by atoms with E-state index in [4.69, 9.17) is 4.42 Å². The van der Waals surface area contributed by atoms with Crippen molar-refractivity contribution in [1.29, 1.82) is 0 Å². The molecule has 0 unspecified atom stereocenters. The molecule has 1 nitrogen and oxygen atoms in total. The lowest BCUT2D eigenvalue weighted by Crippen LogP contribution is -2.16. The summed E-state index contributed by atoms with van der Waals surface area (Å²) >= 11 is 0. The van der Waals surface area contributed by atoms with Crippen LogP contribution in [-0.2, 0) is 5.41 Å². The number of hydrogen-bond acceptors (Lipinski definition) is 1. The Labute approximate surface area is 287 Å². The van der Waals surface area contributed by atoms with Crippen molar-refractivity contribution in [2.24, 2.45) is 0 Å². The predicted octanol–water partition coefficient (Wildman–Crippen LogP) is 13.9. The summed E-state index contributed by atoms with van der Waals surface area (Å²) in [6.07, 6.45) is 5.56. The van der Waals surface area contributed by atoms with Gasteiger partial charge < -0.3 is 4.42 Å². The predicted molar refractivity (Wildman–Crippen MR) is 210 cm³/mol. The third kappa shape index (κ3) is 4.32. The highest BCUT2D eigenvalue weighted by Gasteiger charge is 2.37. The third-order valence-corrected chi connectivity index (χ3v) is 10.8. The molecule has 0 atom stereocenters. The molecule has 0 bridgehead atoms. The van der Waals surface area contributed by atoms with Gasteiger partial charge in [0.15, 0.2) is 0 Å². The minimum absolute atomic E-state index is 0.0490. The van der Waals surface area contributed by atoms with E-state index in [9.17, 15) is 0 Å². The van der Waals surface area contributed by atoms with E-state index in [0.717, 1.165) is 33.9 Å². The molecule has 0 fully saturated rings. The molecule has 49 heavy (non-hydrogen) atoms. The number of benzene rings is 7. The summed E-state index contributed by atoms with van der Waals surface area (Å²) in [6, 6.07) is 48.8. The number of para-hydroxylation sites is 2. The zero-order valence-electron chi connectivity index (χ0n) is 28.5. The van der Waals surface area contributed by atoms with Crippen molar-refractivity contribution < 1.29 is 4.42 Å². The largest absolute Gasteiger partial charge is 0.455 e. The van der Waals surface area contributed by atoms with E-state index in [2.05, 4.69) is 173 Å². The van der Waals surface area contributed by atoms with Crippen LogP contribution < -0.4 is 0 Å². The van der Waals surface area contributed by atoms with E-state index >= 15 is 0 Å². The Morgan fingerprint density at radius 3 is 1.94 bits per heavy atom. The summed E-state index contributed by atoms with van der Waals surface area (Å²) in [5.41, 5.74) is 14.8. The van der Waals surface area contributed by atoms with Gasteiger partial charge in [0, 0.05) is 27.3 Å². The second-order valence-electron chi connectivity index (χ2n) is 13.8. The van der Waals surface area contributed by atoms with Gasteiger partial charge in [0.2, 0.25) is 0 Å². The van der Waals surface area contributed by atoms with Gasteiger partial charge in [-0.3, -0.25) is 0 Å². The van der Waals surface area contributed by atoms with Crippen molar-refractivity contribution >= 4 is 49.1 Å². The lowest BCUT2D eigenvalue weighted by atomic mass is 9.78. The van der Waals surface area contributed by atoms with Gasteiger partial charge in [-0.25, -0.2) is 0 Å². The van der Waals surface area contributed by atoms with E-state index < -0.39 is 0 Å². The number of allylic oxidation sites excluding steroid dienone is 4. The van der Waals surface area contributed by atoms with Crippen molar-refractivity contribution in [1.82, 2.24) is 0 Å². The van der Waals surface area contributed by atoms with Crippen LogP contribution in [0, 0.1) is 0 Å². The molecule has 9 rings (SSSR count). The Bertz CT molecular complexity index is 2660. The average Bonchev–Trinajstić information content (AvgIpc) is 3.62. The summed E-state index contributed by atoms with van der Waals surface area (Å²) in [7, 11) is 0. The molecule has 1 heterocycles. The number of hydrogen-bond donors (Lipinski definition) is 0. The van der Waals surface area contributed by atoms with Crippen LogP contribution in [0.5, 0.6) is 0 Å². The molecule has 236 valence electrons. The first kappa shape index (κ1) is 29.5. The molecular weight excluding hydrogens is 593 g/mol. The summed E-state index contributed by atoms with van der Waals surface area (Å²) < 4.78 is 6.68. The van der Waals surface area contributed by atoms with Crippen LogP contribution in [0.2, 0.25) is 0 Å². The minimum atomic E-state index is -0.0490. The molecule has 1 aliphatic rings. The van der Waals surface area contributed by atoms with Crippen LogP contribution >= 0.6 is 0 Å². The van der Waals surface area contributed by atoms with Crippen molar-refractivity contribution in [2.75, 3.05) is 0 Å². The second-order valence-corrected chi connectivity index (χ2v) is 13.8. The minimum Gasteiger partial charge on any atom is -0.455 e. The van der Waals surface area contributed by atoms with Gasteiger partial charge in [-0.1, -0.05) is 160 Å². The first-order valence-electron chi connectivity index (χ1n) is 17.5. The Balaban J connectivity index is 1.46. The zero-order chi connectivity index (χ0) is 33.3. The molecule has 0 spiro atoms. The van der Waals surface area contributed by atoms with E-state index in [-0.39, 0.29) is 5.41 Å². The van der Waals surface area contributed by atoms with Crippen LogP contribution in [0.3, 0.4) is 0 Å². The highest BCUT2D eigenvalue weighted by Crippen LogP contribution is 2.54. The lowest BCUT2D eigenvalue weighted by molar-refractivity contribution is 0.617. The Morgan fingerprint density at radius 2 is 1.18 bits per heavy atom.